The molecule has 280 valence electrons. The molecular formula is C44H86O3. The summed E-state index contributed by atoms with van der Waals surface area (Å²) in [6, 6.07) is 0. The summed E-state index contributed by atoms with van der Waals surface area (Å²) in [5.74, 6) is 0. The second-order valence-electron chi connectivity index (χ2n) is 16.5. The number of epoxide rings is 2. The molecule has 2 saturated heterocycles. The largest absolute Gasteiger partial charge is 0.370 e. The van der Waals surface area contributed by atoms with Crippen molar-refractivity contribution in [3.05, 3.63) is 0 Å². The molecule has 0 bridgehead atoms. The van der Waals surface area contributed by atoms with E-state index in [-0.39, 0.29) is 23.4 Å². The summed E-state index contributed by atoms with van der Waals surface area (Å²) < 4.78 is 18.8. The van der Waals surface area contributed by atoms with Crippen LogP contribution < -0.4 is 0 Å². The van der Waals surface area contributed by atoms with Gasteiger partial charge >= 0.3 is 0 Å². The van der Waals surface area contributed by atoms with Gasteiger partial charge in [-0.2, -0.15) is 0 Å². The van der Waals surface area contributed by atoms with E-state index in [2.05, 4.69) is 27.7 Å². The van der Waals surface area contributed by atoms with E-state index in [0.717, 1.165) is 26.1 Å². The third kappa shape index (κ3) is 23.1. The van der Waals surface area contributed by atoms with Crippen molar-refractivity contribution in [2.45, 2.75) is 269 Å². The van der Waals surface area contributed by atoms with E-state index < -0.39 is 0 Å². The van der Waals surface area contributed by atoms with E-state index in [0.29, 0.717) is 0 Å². The van der Waals surface area contributed by atoms with E-state index in [1.807, 2.05) is 0 Å². The Bertz CT molecular complexity index is 617. The minimum Gasteiger partial charge on any atom is -0.370 e. The van der Waals surface area contributed by atoms with Crippen LogP contribution in [0, 0.1) is 0 Å². The van der Waals surface area contributed by atoms with Gasteiger partial charge in [-0.15, -0.1) is 0 Å². The lowest BCUT2D eigenvalue weighted by molar-refractivity contribution is -0.167. The molecule has 2 aliphatic rings. The van der Waals surface area contributed by atoms with Crippen LogP contribution in [0.2, 0.25) is 0 Å². The smallest absolute Gasteiger partial charge is 0.110 e. The number of hydrogen-bond donors (Lipinski definition) is 0. The number of hydrogen-bond acceptors (Lipinski definition) is 3. The lowest BCUT2D eigenvalue weighted by atomic mass is 9.89. The van der Waals surface area contributed by atoms with Crippen molar-refractivity contribution in [3.63, 3.8) is 0 Å². The van der Waals surface area contributed by atoms with Crippen LogP contribution in [0.3, 0.4) is 0 Å². The van der Waals surface area contributed by atoms with Gasteiger partial charge in [0, 0.05) is 0 Å². The van der Waals surface area contributed by atoms with Crippen molar-refractivity contribution in [2.75, 3.05) is 13.2 Å². The first-order valence-electron chi connectivity index (χ1n) is 22.0. The molecular weight excluding hydrogens is 576 g/mol. The molecule has 3 nitrogen and oxygen atoms in total. The molecule has 2 aliphatic heterocycles. The van der Waals surface area contributed by atoms with E-state index in [1.165, 1.54) is 205 Å². The lowest BCUT2D eigenvalue weighted by Gasteiger charge is -2.39. The first-order chi connectivity index (χ1) is 23.0. The van der Waals surface area contributed by atoms with Crippen LogP contribution in [0.1, 0.15) is 246 Å². The monoisotopic (exact) mass is 663 g/mol. The molecule has 0 amide bonds. The van der Waals surface area contributed by atoms with Gasteiger partial charge in [-0.3, -0.25) is 0 Å². The Morgan fingerprint density at radius 1 is 0.362 bits per heavy atom. The average molecular weight is 663 g/mol. The standard InChI is InChI=1S/C44H86O3/c1-5-7-9-11-13-15-17-19-21-23-25-27-29-31-33-35-37-43(3,41-39-45-41)47-44(4,42-40-46-42)38-36-34-32-30-28-26-24-22-20-18-16-14-12-10-8-6-2/h41-42H,5-40H2,1-4H3. The van der Waals surface area contributed by atoms with Gasteiger partial charge in [0.05, 0.1) is 24.4 Å². The zero-order valence-corrected chi connectivity index (χ0v) is 32.8. The fraction of sp³-hybridized carbons (Fsp3) is 1.00. The zero-order valence-electron chi connectivity index (χ0n) is 32.8. The molecule has 2 heterocycles. The first-order valence-corrected chi connectivity index (χ1v) is 22.0. The highest BCUT2D eigenvalue weighted by atomic mass is 16.6. The second kappa shape index (κ2) is 28.6. The summed E-state index contributed by atoms with van der Waals surface area (Å²) >= 11 is 0. The molecule has 4 atom stereocenters. The second-order valence-corrected chi connectivity index (χ2v) is 16.5. The Hall–Kier alpha value is -0.120. The minimum absolute atomic E-state index is 0.161. The molecule has 0 aliphatic carbocycles. The van der Waals surface area contributed by atoms with Crippen LogP contribution in [0.25, 0.3) is 0 Å². The molecule has 0 aromatic heterocycles. The van der Waals surface area contributed by atoms with Crippen molar-refractivity contribution >= 4 is 0 Å². The summed E-state index contributed by atoms with van der Waals surface area (Å²) in [5.41, 5.74) is -0.322. The van der Waals surface area contributed by atoms with Crippen LogP contribution >= 0.6 is 0 Å². The first kappa shape index (κ1) is 43.0. The summed E-state index contributed by atoms with van der Waals surface area (Å²) in [7, 11) is 0. The van der Waals surface area contributed by atoms with Gasteiger partial charge in [-0.25, -0.2) is 0 Å². The van der Waals surface area contributed by atoms with E-state index in [4.69, 9.17) is 14.2 Å². The van der Waals surface area contributed by atoms with E-state index in [9.17, 15) is 0 Å². The number of ether oxygens (including phenoxy) is 3. The van der Waals surface area contributed by atoms with Crippen LogP contribution in [0.5, 0.6) is 0 Å². The summed E-state index contributed by atoms with van der Waals surface area (Å²) in [5, 5.41) is 0. The summed E-state index contributed by atoms with van der Waals surface area (Å²) in [6.45, 7) is 11.0. The number of unbranched alkanes of at least 4 members (excludes halogenated alkanes) is 30. The fourth-order valence-electron chi connectivity index (χ4n) is 7.94. The SMILES string of the molecule is CCCCCCCCCCCCCCCCCCC(C)(OC(C)(CCCCCCCCCCCCCCCCCC)C1CO1)C1CO1. The van der Waals surface area contributed by atoms with Crippen molar-refractivity contribution in [3.8, 4) is 0 Å². The molecule has 0 aromatic carbocycles. The third-order valence-electron chi connectivity index (χ3n) is 11.5. The van der Waals surface area contributed by atoms with Gasteiger partial charge in [0.2, 0.25) is 0 Å². The summed E-state index contributed by atoms with van der Waals surface area (Å²) in [4.78, 5) is 0. The quantitative estimate of drug-likeness (QED) is 0.0487. The van der Waals surface area contributed by atoms with Crippen LogP contribution in [0.4, 0.5) is 0 Å². The maximum absolute atomic E-state index is 7.07. The lowest BCUT2D eigenvalue weighted by Crippen LogP contribution is -2.48. The van der Waals surface area contributed by atoms with Gasteiger partial charge in [-0.05, 0) is 26.7 Å². The highest BCUT2D eigenvalue weighted by Crippen LogP contribution is 2.42. The highest BCUT2D eigenvalue weighted by Gasteiger charge is 2.52. The Labute approximate surface area is 296 Å². The Balaban J connectivity index is 1.46. The predicted octanol–water partition coefficient (Wildman–Crippen LogP) is 14.6. The van der Waals surface area contributed by atoms with Crippen LogP contribution in [0.15, 0.2) is 0 Å². The molecule has 3 heteroatoms. The Morgan fingerprint density at radius 3 is 0.745 bits per heavy atom. The number of rotatable bonds is 38. The van der Waals surface area contributed by atoms with Crippen molar-refractivity contribution in [1.29, 1.82) is 0 Å². The van der Waals surface area contributed by atoms with Gasteiger partial charge < -0.3 is 14.2 Å². The predicted molar refractivity (Wildman–Crippen MR) is 206 cm³/mol. The average Bonchev–Trinajstić information content (AvgIpc) is 3.97. The van der Waals surface area contributed by atoms with Gasteiger partial charge in [0.15, 0.2) is 0 Å². The summed E-state index contributed by atoms with van der Waals surface area (Å²) in [6.07, 6.45) is 48.2. The molecule has 0 saturated carbocycles. The fourth-order valence-corrected chi connectivity index (χ4v) is 7.94. The van der Waals surface area contributed by atoms with Crippen LogP contribution in [-0.2, 0) is 14.2 Å². The van der Waals surface area contributed by atoms with Gasteiger partial charge in [0.1, 0.15) is 12.2 Å². The molecule has 0 radical (unpaired) electrons. The highest BCUT2D eigenvalue weighted by molar-refractivity contribution is 5.00. The van der Waals surface area contributed by atoms with E-state index >= 15 is 0 Å². The van der Waals surface area contributed by atoms with Crippen LogP contribution in [-0.4, -0.2) is 36.6 Å². The van der Waals surface area contributed by atoms with Gasteiger partial charge in [0.25, 0.3) is 0 Å². The Morgan fingerprint density at radius 2 is 0.553 bits per heavy atom. The third-order valence-corrected chi connectivity index (χ3v) is 11.5. The van der Waals surface area contributed by atoms with Crippen molar-refractivity contribution in [1.82, 2.24) is 0 Å². The molecule has 2 rings (SSSR count). The normalized spacial score (nSPS) is 19.9. The van der Waals surface area contributed by atoms with E-state index in [1.54, 1.807) is 0 Å². The molecule has 4 unspecified atom stereocenters. The van der Waals surface area contributed by atoms with Crippen molar-refractivity contribution in [2.24, 2.45) is 0 Å². The zero-order chi connectivity index (χ0) is 33.7. The molecule has 2 fully saturated rings. The molecule has 0 aromatic rings. The minimum atomic E-state index is -0.161. The van der Waals surface area contributed by atoms with Gasteiger partial charge in [-0.1, -0.05) is 219 Å². The maximum atomic E-state index is 7.07. The molecule has 0 spiro atoms. The Kier molecular flexibility index (Phi) is 26.2. The van der Waals surface area contributed by atoms with Crippen molar-refractivity contribution < 1.29 is 14.2 Å². The maximum Gasteiger partial charge on any atom is 0.110 e. The molecule has 0 N–H and O–H groups in total. The topological polar surface area (TPSA) is 34.3 Å². The molecule has 47 heavy (non-hydrogen) atoms.